The van der Waals surface area contributed by atoms with Gasteiger partial charge in [-0.05, 0) is 60.9 Å². The Labute approximate surface area is 136 Å². The predicted molar refractivity (Wildman–Crippen MR) is 92.1 cm³/mol. The Balaban J connectivity index is 1.90. The fourth-order valence-electron chi connectivity index (χ4n) is 2.72. The molecule has 0 saturated carbocycles. The highest BCUT2D eigenvalue weighted by Gasteiger charge is 2.21. The zero-order valence-corrected chi connectivity index (χ0v) is 13.4. The van der Waals surface area contributed by atoms with E-state index in [1.54, 1.807) is 0 Å². The van der Waals surface area contributed by atoms with Gasteiger partial charge in [-0.1, -0.05) is 30.4 Å². The number of allylic oxidation sites excluding steroid dienone is 2. The second-order valence-corrected chi connectivity index (χ2v) is 5.89. The molecule has 0 fully saturated rings. The minimum atomic E-state index is -0.830. The van der Waals surface area contributed by atoms with E-state index in [1.165, 1.54) is 0 Å². The summed E-state index contributed by atoms with van der Waals surface area (Å²) in [6, 6.07) is 11.5. The molecule has 0 radical (unpaired) electrons. The first-order valence-corrected chi connectivity index (χ1v) is 7.52. The van der Waals surface area contributed by atoms with Crippen LogP contribution < -0.4 is 4.74 Å². The molecule has 1 heterocycles. The summed E-state index contributed by atoms with van der Waals surface area (Å²) in [6.45, 7) is 12.4. The van der Waals surface area contributed by atoms with Crippen molar-refractivity contribution in [1.29, 1.82) is 0 Å². The van der Waals surface area contributed by atoms with Crippen LogP contribution in [0.4, 0.5) is 0 Å². The van der Waals surface area contributed by atoms with Gasteiger partial charge < -0.3 is 14.6 Å². The lowest BCUT2D eigenvalue weighted by Gasteiger charge is -2.13. The van der Waals surface area contributed by atoms with Gasteiger partial charge in [0.25, 0.3) is 0 Å². The summed E-state index contributed by atoms with van der Waals surface area (Å²) >= 11 is 0. The van der Waals surface area contributed by atoms with Gasteiger partial charge in [0.2, 0.25) is 0 Å². The molecule has 2 aromatic carbocycles. The van der Waals surface area contributed by atoms with E-state index in [4.69, 9.17) is 9.47 Å². The average Bonchev–Trinajstić information content (AvgIpc) is 2.88. The van der Waals surface area contributed by atoms with Crippen molar-refractivity contribution in [3.8, 4) is 11.5 Å². The number of ether oxygens (including phenoxy) is 2. The summed E-state index contributed by atoms with van der Waals surface area (Å²) in [6.07, 6.45) is -0.830. The number of hydrogen-bond donors (Lipinski definition) is 1. The van der Waals surface area contributed by atoms with Crippen LogP contribution in [0.3, 0.4) is 0 Å². The monoisotopic (exact) mass is 308 g/mol. The van der Waals surface area contributed by atoms with Gasteiger partial charge in [-0.15, -0.1) is 0 Å². The first kappa shape index (κ1) is 15.5. The second-order valence-electron chi connectivity index (χ2n) is 5.89. The van der Waals surface area contributed by atoms with Crippen molar-refractivity contribution >= 4 is 11.1 Å². The maximum Gasteiger partial charge on any atom is 0.181 e. The van der Waals surface area contributed by atoms with Crippen molar-refractivity contribution in [2.24, 2.45) is 0 Å². The maximum absolute atomic E-state index is 9.66. The molecule has 0 saturated heterocycles. The van der Waals surface area contributed by atoms with E-state index in [0.29, 0.717) is 6.61 Å². The number of rotatable bonds is 4. The summed E-state index contributed by atoms with van der Waals surface area (Å²) in [5.74, 6) is 1.46. The standard InChI is InChI=1S/C20H20O3/c1-12(2)17-7-5-16(10-19(17)13(3)4)23-15-6-8-18-14(9-15)11-22-20(18)21/h5-10,20-21H,1,3,11H2,2,4H3. The summed E-state index contributed by atoms with van der Waals surface area (Å²) in [7, 11) is 0. The smallest absolute Gasteiger partial charge is 0.181 e. The van der Waals surface area contributed by atoms with Crippen LogP contribution in [0, 0.1) is 0 Å². The summed E-state index contributed by atoms with van der Waals surface area (Å²) in [5, 5.41) is 9.66. The zero-order valence-electron chi connectivity index (χ0n) is 13.4. The molecular weight excluding hydrogens is 288 g/mol. The number of aliphatic hydroxyl groups excluding tert-OH is 1. The normalized spacial score (nSPS) is 16.0. The number of hydrogen-bond acceptors (Lipinski definition) is 3. The van der Waals surface area contributed by atoms with Crippen LogP contribution in [0.2, 0.25) is 0 Å². The third-order valence-corrected chi connectivity index (χ3v) is 3.92. The van der Waals surface area contributed by atoms with E-state index in [1.807, 2.05) is 50.2 Å². The number of fused-ring (bicyclic) bond motifs is 1. The molecular formula is C20H20O3. The maximum atomic E-state index is 9.66. The molecule has 3 rings (SSSR count). The van der Waals surface area contributed by atoms with Crippen molar-refractivity contribution in [3.05, 3.63) is 71.8 Å². The Hall–Kier alpha value is -2.36. The molecule has 0 spiro atoms. The summed E-state index contributed by atoms with van der Waals surface area (Å²) < 4.78 is 11.2. The van der Waals surface area contributed by atoms with Crippen molar-refractivity contribution < 1.29 is 14.6 Å². The van der Waals surface area contributed by atoms with Gasteiger partial charge >= 0.3 is 0 Å². The lowest BCUT2D eigenvalue weighted by molar-refractivity contribution is -0.0918. The lowest BCUT2D eigenvalue weighted by Crippen LogP contribution is -1.93. The SMILES string of the molecule is C=C(C)c1ccc(Oc2ccc3c(c2)COC3O)cc1C(=C)C. The third kappa shape index (κ3) is 3.07. The Morgan fingerprint density at radius 3 is 2.39 bits per heavy atom. The molecule has 2 aromatic rings. The quantitative estimate of drug-likeness (QED) is 0.857. The Kier molecular flexibility index (Phi) is 4.07. The highest BCUT2D eigenvalue weighted by Crippen LogP contribution is 2.34. The summed E-state index contributed by atoms with van der Waals surface area (Å²) in [4.78, 5) is 0. The van der Waals surface area contributed by atoms with Crippen LogP contribution in [-0.4, -0.2) is 5.11 Å². The topological polar surface area (TPSA) is 38.7 Å². The minimum Gasteiger partial charge on any atom is -0.457 e. The van der Waals surface area contributed by atoms with E-state index in [0.717, 1.165) is 44.9 Å². The van der Waals surface area contributed by atoms with Crippen LogP contribution >= 0.6 is 0 Å². The van der Waals surface area contributed by atoms with Gasteiger partial charge in [-0.2, -0.15) is 0 Å². The first-order valence-electron chi connectivity index (χ1n) is 7.52. The van der Waals surface area contributed by atoms with Crippen LogP contribution in [0.15, 0.2) is 49.6 Å². The largest absolute Gasteiger partial charge is 0.457 e. The molecule has 118 valence electrons. The fraction of sp³-hybridized carbons (Fsp3) is 0.200. The molecule has 1 atom stereocenters. The van der Waals surface area contributed by atoms with E-state index in [2.05, 4.69) is 13.2 Å². The molecule has 1 aliphatic heterocycles. The van der Waals surface area contributed by atoms with E-state index in [9.17, 15) is 5.11 Å². The predicted octanol–water partition coefficient (Wildman–Crippen LogP) is 5.07. The van der Waals surface area contributed by atoms with Crippen molar-refractivity contribution in [2.45, 2.75) is 26.7 Å². The molecule has 0 bridgehead atoms. The minimum absolute atomic E-state index is 0.402. The molecule has 23 heavy (non-hydrogen) atoms. The van der Waals surface area contributed by atoms with E-state index >= 15 is 0 Å². The van der Waals surface area contributed by atoms with Crippen LogP contribution in [0.25, 0.3) is 11.1 Å². The molecule has 3 heteroatoms. The lowest BCUT2D eigenvalue weighted by atomic mass is 9.97. The van der Waals surface area contributed by atoms with Gasteiger partial charge in [0.05, 0.1) is 6.61 Å². The average molecular weight is 308 g/mol. The molecule has 1 N–H and O–H groups in total. The highest BCUT2D eigenvalue weighted by atomic mass is 16.6. The highest BCUT2D eigenvalue weighted by molar-refractivity contribution is 5.77. The molecule has 0 aliphatic carbocycles. The Morgan fingerprint density at radius 2 is 1.70 bits per heavy atom. The van der Waals surface area contributed by atoms with Crippen LogP contribution in [0.5, 0.6) is 11.5 Å². The number of aliphatic hydroxyl groups is 1. The second kappa shape index (κ2) is 6.03. The van der Waals surface area contributed by atoms with Crippen molar-refractivity contribution in [2.75, 3.05) is 0 Å². The van der Waals surface area contributed by atoms with Crippen LogP contribution in [0.1, 0.15) is 42.4 Å². The van der Waals surface area contributed by atoms with Gasteiger partial charge in [-0.3, -0.25) is 0 Å². The molecule has 0 aromatic heterocycles. The Morgan fingerprint density at radius 1 is 1.04 bits per heavy atom. The van der Waals surface area contributed by atoms with Gasteiger partial charge in [-0.25, -0.2) is 0 Å². The summed E-state index contributed by atoms with van der Waals surface area (Å²) in [5.41, 5.74) is 5.84. The van der Waals surface area contributed by atoms with Gasteiger partial charge in [0.1, 0.15) is 11.5 Å². The van der Waals surface area contributed by atoms with E-state index < -0.39 is 6.29 Å². The number of benzene rings is 2. The molecule has 0 amide bonds. The van der Waals surface area contributed by atoms with Crippen molar-refractivity contribution in [3.63, 3.8) is 0 Å². The Bertz CT molecular complexity index is 789. The van der Waals surface area contributed by atoms with E-state index in [-0.39, 0.29) is 0 Å². The first-order chi connectivity index (χ1) is 11.0. The zero-order chi connectivity index (χ0) is 16.6. The molecule has 1 aliphatic rings. The van der Waals surface area contributed by atoms with Gasteiger partial charge in [0.15, 0.2) is 6.29 Å². The van der Waals surface area contributed by atoms with Crippen molar-refractivity contribution in [1.82, 2.24) is 0 Å². The fourth-order valence-corrected chi connectivity index (χ4v) is 2.72. The van der Waals surface area contributed by atoms with Gasteiger partial charge in [0, 0.05) is 5.56 Å². The third-order valence-electron chi connectivity index (χ3n) is 3.92. The molecule has 1 unspecified atom stereocenters. The molecule has 3 nitrogen and oxygen atoms in total. The van der Waals surface area contributed by atoms with Crippen LogP contribution in [-0.2, 0) is 11.3 Å².